The van der Waals surface area contributed by atoms with Crippen LogP contribution in [-0.2, 0) is 19.3 Å². The third kappa shape index (κ3) is 1.89. The predicted molar refractivity (Wildman–Crippen MR) is 83.3 cm³/mol. The molecule has 0 bridgehead atoms. The molecule has 102 valence electrons. The smallest absolute Gasteiger partial charge is 0.423 e. The summed E-state index contributed by atoms with van der Waals surface area (Å²) in [6.07, 6.45) is 2.55. The number of fused-ring (bicyclic) bond motifs is 3. The van der Waals surface area contributed by atoms with Crippen LogP contribution in [-0.4, -0.2) is 17.2 Å². The molecule has 2 aromatic carbocycles. The van der Waals surface area contributed by atoms with E-state index in [4.69, 9.17) is 0 Å². The molecule has 0 spiro atoms. The monoisotopic (exact) mass is 266 g/mol. The number of aryl methyl sites for hydroxylation is 1. The van der Waals surface area contributed by atoms with E-state index in [0.717, 1.165) is 35.9 Å². The molecule has 1 aliphatic carbocycles. The summed E-state index contributed by atoms with van der Waals surface area (Å²) in [5, 5.41) is 19.7. The van der Waals surface area contributed by atoms with Crippen molar-refractivity contribution in [3.63, 3.8) is 0 Å². The summed E-state index contributed by atoms with van der Waals surface area (Å²) in [5.74, 6) is 0. The number of rotatable bonds is 3. The fourth-order valence-corrected chi connectivity index (χ4v) is 3.45. The summed E-state index contributed by atoms with van der Waals surface area (Å²) in [7, 11) is -1.39. The van der Waals surface area contributed by atoms with Gasteiger partial charge in [0.25, 0.3) is 0 Å². The van der Waals surface area contributed by atoms with Crippen molar-refractivity contribution >= 4 is 12.6 Å². The molecule has 0 radical (unpaired) electrons. The van der Waals surface area contributed by atoms with Crippen LogP contribution in [0.15, 0.2) is 30.3 Å². The molecule has 0 saturated heterocycles. The number of benzene rings is 2. The molecule has 3 heteroatoms. The van der Waals surface area contributed by atoms with E-state index in [2.05, 4.69) is 32.0 Å². The molecule has 0 heterocycles. The van der Waals surface area contributed by atoms with Gasteiger partial charge in [-0.2, -0.15) is 0 Å². The fraction of sp³-hybridized carbons (Fsp3) is 0.294. The van der Waals surface area contributed by atoms with Gasteiger partial charge < -0.3 is 10.0 Å². The minimum Gasteiger partial charge on any atom is -0.423 e. The second-order valence-corrected chi connectivity index (χ2v) is 5.37. The molecule has 2 aromatic rings. The molecule has 0 fully saturated rings. The van der Waals surface area contributed by atoms with Crippen molar-refractivity contribution in [2.45, 2.75) is 33.1 Å². The lowest BCUT2D eigenvalue weighted by molar-refractivity contribution is 0.425. The van der Waals surface area contributed by atoms with Gasteiger partial charge in [0.15, 0.2) is 0 Å². The summed E-state index contributed by atoms with van der Waals surface area (Å²) < 4.78 is 0. The van der Waals surface area contributed by atoms with Crippen LogP contribution in [0.5, 0.6) is 0 Å². The van der Waals surface area contributed by atoms with E-state index in [1.54, 1.807) is 0 Å². The lowest BCUT2D eigenvalue weighted by Crippen LogP contribution is -2.37. The Bertz CT molecular complexity index is 662. The van der Waals surface area contributed by atoms with Gasteiger partial charge in [-0.05, 0) is 58.1 Å². The van der Waals surface area contributed by atoms with Crippen molar-refractivity contribution < 1.29 is 10.0 Å². The molecule has 1 aliphatic rings. The third-order valence-electron chi connectivity index (χ3n) is 4.35. The molecule has 0 aliphatic heterocycles. The van der Waals surface area contributed by atoms with Gasteiger partial charge in [-0.1, -0.05) is 44.2 Å². The first-order valence-corrected chi connectivity index (χ1v) is 7.29. The largest absolute Gasteiger partial charge is 0.489 e. The zero-order chi connectivity index (χ0) is 14.3. The standard InChI is InChI=1S/C17H19BO2/c1-3-11-9-15-14-8-6-5-7-12(14)10-16(15)17(18(19)20)13(11)4-2/h5-9,19-20H,3-4,10H2,1-2H3. The van der Waals surface area contributed by atoms with Gasteiger partial charge in [-0.25, -0.2) is 0 Å². The Balaban J connectivity index is 2.32. The van der Waals surface area contributed by atoms with E-state index < -0.39 is 7.12 Å². The van der Waals surface area contributed by atoms with E-state index in [1.165, 1.54) is 22.3 Å². The first-order chi connectivity index (χ1) is 9.67. The molecule has 0 aromatic heterocycles. The highest BCUT2D eigenvalue weighted by Gasteiger charge is 2.29. The van der Waals surface area contributed by atoms with Crippen LogP contribution in [0.1, 0.15) is 36.1 Å². The third-order valence-corrected chi connectivity index (χ3v) is 4.35. The topological polar surface area (TPSA) is 40.5 Å². The van der Waals surface area contributed by atoms with E-state index in [0.29, 0.717) is 0 Å². The van der Waals surface area contributed by atoms with Gasteiger partial charge in [-0.15, -0.1) is 0 Å². The maximum atomic E-state index is 9.85. The molecule has 20 heavy (non-hydrogen) atoms. The lowest BCUT2D eigenvalue weighted by atomic mass is 9.70. The second-order valence-electron chi connectivity index (χ2n) is 5.37. The predicted octanol–water partition coefficient (Wildman–Crippen LogP) is 2.06. The first kappa shape index (κ1) is 13.4. The van der Waals surface area contributed by atoms with Gasteiger partial charge in [-0.3, -0.25) is 0 Å². The normalized spacial score (nSPS) is 12.2. The zero-order valence-corrected chi connectivity index (χ0v) is 12.0. The van der Waals surface area contributed by atoms with Crippen LogP contribution in [0.4, 0.5) is 0 Å². The molecule has 0 amide bonds. The van der Waals surface area contributed by atoms with Crippen LogP contribution in [0.2, 0.25) is 0 Å². The zero-order valence-electron chi connectivity index (χ0n) is 12.0. The molecule has 2 N–H and O–H groups in total. The lowest BCUT2D eigenvalue weighted by Gasteiger charge is -2.17. The molecule has 0 unspecified atom stereocenters. The highest BCUT2D eigenvalue weighted by atomic mass is 16.4. The van der Waals surface area contributed by atoms with E-state index >= 15 is 0 Å². The highest BCUT2D eigenvalue weighted by molar-refractivity contribution is 6.60. The summed E-state index contributed by atoms with van der Waals surface area (Å²) >= 11 is 0. The first-order valence-electron chi connectivity index (χ1n) is 7.29. The number of hydrogen-bond acceptors (Lipinski definition) is 2. The minimum absolute atomic E-state index is 0.734. The van der Waals surface area contributed by atoms with E-state index in [1.807, 2.05) is 12.1 Å². The van der Waals surface area contributed by atoms with Crippen molar-refractivity contribution in [2.75, 3.05) is 0 Å². The molecule has 2 nitrogen and oxygen atoms in total. The Kier molecular flexibility index (Phi) is 3.40. The Morgan fingerprint density at radius 1 is 1.05 bits per heavy atom. The number of hydrogen-bond donors (Lipinski definition) is 2. The van der Waals surface area contributed by atoms with Gasteiger partial charge >= 0.3 is 7.12 Å². The van der Waals surface area contributed by atoms with Gasteiger partial charge in [0, 0.05) is 0 Å². The average molecular weight is 266 g/mol. The minimum atomic E-state index is -1.39. The Labute approximate surface area is 120 Å². The average Bonchev–Trinajstić information content (AvgIpc) is 2.82. The van der Waals surface area contributed by atoms with Crippen molar-refractivity contribution in [3.8, 4) is 11.1 Å². The van der Waals surface area contributed by atoms with Crippen molar-refractivity contribution in [2.24, 2.45) is 0 Å². The molecular formula is C17H19BO2. The summed E-state index contributed by atoms with van der Waals surface area (Å²) in [4.78, 5) is 0. The van der Waals surface area contributed by atoms with Crippen LogP contribution in [0.3, 0.4) is 0 Å². The van der Waals surface area contributed by atoms with E-state index in [9.17, 15) is 10.0 Å². The fourth-order valence-electron chi connectivity index (χ4n) is 3.45. The van der Waals surface area contributed by atoms with Gasteiger partial charge in [0.2, 0.25) is 0 Å². The molecule has 0 saturated carbocycles. The van der Waals surface area contributed by atoms with Gasteiger partial charge in [0.1, 0.15) is 0 Å². The summed E-state index contributed by atoms with van der Waals surface area (Å²) in [6, 6.07) is 10.6. The maximum absolute atomic E-state index is 9.85. The van der Waals surface area contributed by atoms with E-state index in [-0.39, 0.29) is 0 Å². The Morgan fingerprint density at radius 2 is 1.80 bits per heavy atom. The molecular weight excluding hydrogens is 247 g/mol. The Morgan fingerprint density at radius 3 is 2.45 bits per heavy atom. The molecule has 3 rings (SSSR count). The summed E-state index contributed by atoms with van der Waals surface area (Å²) in [6.45, 7) is 4.20. The SMILES string of the molecule is CCc1cc2c(c(B(O)O)c1CC)Cc1ccccc1-2. The second kappa shape index (κ2) is 5.08. The van der Waals surface area contributed by atoms with Crippen LogP contribution >= 0.6 is 0 Å². The van der Waals surface area contributed by atoms with Crippen LogP contribution < -0.4 is 5.46 Å². The van der Waals surface area contributed by atoms with Crippen molar-refractivity contribution in [1.82, 2.24) is 0 Å². The maximum Gasteiger partial charge on any atom is 0.489 e. The van der Waals surface area contributed by atoms with Crippen LogP contribution in [0.25, 0.3) is 11.1 Å². The quantitative estimate of drug-likeness (QED) is 0.712. The van der Waals surface area contributed by atoms with Crippen LogP contribution in [0, 0.1) is 0 Å². The highest BCUT2D eigenvalue weighted by Crippen LogP contribution is 2.37. The van der Waals surface area contributed by atoms with Crippen molar-refractivity contribution in [1.29, 1.82) is 0 Å². The van der Waals surface area contributed by atoms with Gasteiger partial charge in [0.05, 0.1) is 0 Å². The Hall–Kier alpha value is -1.58. The molecule has 0 atom stereocenters. The van der Waals surface area contributed by atoms with Crippen molar-refractivity contribution in [3.05, 3.63) is 52.6 Å². The summed E-state index contributed by atoms with van der Waals surface area (Å²) in [5.41, 5.74) is 7.85.